The molecule has 7 heteroatoms. The van der Waals surface area contributed by atoms with E-state index in [2.05, 4.69) is 0 Å². The van der Waals surface area contributed by atoms with Crippen LogP contribution in [0.4, 0.5) is 0 Å². The third kappa shape index (κ3) is 2.03. The second-order valence-corrected chi connectivity index (χ2v) is 7.98. The van der Waals surface area contributed by atoms with E-state index in [0.717, 1.165) is 11.2 Å². The molecule has 0 N–H and O–H groups in total. The van der Waals surface area contributed by atoms with Gasteiger partial charge in [-0.2, -0.15) is 0 Å². The zero-order valence-electron chi connectivity index (χ0n) is 11.8. The van der Waals surface area contributed by atoms with Crippen LogP contribution in [0.3, 0.4) is 0 Å². The lowest BCUT2D eigenvalue weighted by Gasteiger charge is -2.29. The molecule has 1 aliphatic heterocycles. The summed E-state index contributed by atoms with van der Waals surface area (Å²) in [6.45, 7) is -0.0881. The smallest absolute Gasteiger partial charge is 0.264 e. The zero-order chi connectivity index (χ0) is 15.4. The van der Waals surface area contributed by atoms with Crippen LogP contribution in [0.1, 0.15) is 33.6 Å². The van der Waals surface area contributed by atoms with Gasteiger partial charge in [-0.25, -0.2) is 8.42 Å². The molecule has 112 valence electrons. The Labute approximate surface area is 122 Å². The van der Waals surface area contributed by atoms with Crippen LogP contribution in [-0.4, -0.2) is 49.8 Å². The standard InChI is InChI=1S/C14H15NO5S/c1-20-11-4-3-9-7-10(11)13(17)15(12(9)16)8-14(5-6-14)21(2,18)19/h3-4,7H,5-6,8H2,1-2H3. The van der Waals surface area contributed by atoms with E-state index in [9.17, 15) is 18.0 Å². The molecule has 6 nitrogen and oxygen atoms in total. The van der Waals surface area contributed by atoms with Gasteiger partial charge in [-0.1, -0.05) is 0 Å². The molecule has 1 heterocycles. The Morgan fingerprint density at radius 3 is 2.43 bits per heavy atom. The quantitative estimate of drug-likeness (QED) is 0.771. The van der Waals surface area contributed by atoms with Gasteiger partial charge in [0.2, 0.25) is 0 Å². The van der Waals surface area contributed by atoms with Gasteiger partial charge < -0.3 is 4.74 Å². The second-order valence-electron chi connectivity index (χ2n) is 5.57. The summed E-state index contributed by atoms with van der Waals surface area (Å²) in [5.41, 5.74) is 0.661. The molecule has 1 aliphatic carbocycles. The van der Waals surface area contributed by atoms with Crippen molar-refractivity contribution < 1.29 is 22.7 Å². The molecule has 1 aromatic carbocycles. The zero-order valence-corrected chi connectivity index (χ0v) is 12.6. The van der Waals surface area contributed by atoms with Crippen LogP contribution in [0.15, 0.2) is 18.2 Å². The Hall–Kier alpha value is -1.89. The summed E-state index contributed by atoms with van der Waals surface area (Å²) in [5.74, 6) is -0.574. The number of fused-ring (bicyclic) bond motifs is 2. The van der Waals surface area contributed by atoms with E-state index in [0.29, 0.717) is 29.7 Å². The molecule has 2 bridgehead atoms. The number of benzene rings is 1. The van der Waals surface area contributed by atoms with Crippen LogP contribution in [0.2, 0.25) is 0 Å². The molecule has 1 fully saturated rings. The highest BCUT2D eigenvalue weighted by Crippen LogP contribution is 2.44. The molecule has 0 aromatic heterocycles. The molecule has 1 aromatic rings. The average molecular weight is 309 g/mol. The number of carbonyl (C=O) groups is 2. The van der Waals surface area contributed by atoms with Crippen LogP contribution in [-0.2, 0) is 9.84 Å². The maximum Gasteiger partial charge on any atom is 0.264 e. The summed E-state index contributed by atoms with van der Waals surface area (Å²) in [6.07, 6.45) is 2.11. The Balaban J connectivity index is 1.98. The van der Waals surface area contributed by atoms with Crippen molar-refractivity contribution in [2.75, 3.05) is 19.9 Å². The monoisotopic (exact) mass is 309 g/mol. The number of amides is 2. The molecule has 0 atom stereocenters. The fourth-order valence-corrected chi connectivity index (χ4v) is 3.83. The Bertz CT molecular complexity index is 749. The van der Waals surface area contributed by atoms with Crippen molar-refractivity contribution in [1.29, 1.82) is 0 Å². The molecular weight excluding hydrogens is 294 g/mol. The molecule has 0 radical (unpaired) electrons. The lowest BCUT2D eigenvalue weighted by Crippen LogP contribution is -2.47. The first-order valence-corrected chi connectivity index (χ1v) is 8.42. The van der Waals surface area contributed by atoms with Gasteiger partial charge in [0.05, 0.1) is 17.4 Å². The first-order valence-electron chi connectivity index (χ1n) is 6.53. The molecule has 2 amide bonds. The number of sulfone groups is 1. The lowest BCUT2D eigenvalue weighted by molar-refractivity contribution is 0.0599. The van der Waals surface area contributed by atoms with Crippen LogP contribution in [0, 0.1) is 0 Å². The fraction of sp³-hybridized carbons (Fsp3) is 0.429. The van der Waals surface area contributed by atoms with Gasteiger partial charge in [-0.15, -0.1) is 0 Å². The summed E-state index contributed by atoms with van der Waals surface area (Å²) in [5, 5.41) is 0. The van der Waals surface area contributed by atoms with Crippen LogP contribution >= 0.6 is 0 Å². The molecule has 0 saturated heterocycles. The number of nitrogens with zero attached hydrogens (tertiary/aromatic N) is 1. The highest BCUT2D eigenvalue weighted by molar-refractivity contribution is 7.92. The predicted molar refractivity (Wildman–Crippen MR) is 75.2 cm³/mol. The van der Waals surface area contributed by atoms with E-state index < -0.39 is 26.4 Å². The molecule has 0 spiro atoms. The minimum Gasteiger partial charge on any atom is -0.496 e. The predicted octanol–water partition coefficient (Wildman–Crippen LogP) is 0.868. The summed E-state index contributed by atoms with van der Waals surface area (Å²) in [6, 6.07) is 4.63. The van der Waals surface area contributed by atoms with Crippen molar-refractivity contribution in [3.05, 3.63) is 29.3 Å². The Morgan fingerprint density at radius 1 is 1.24 bits per heavy atom. The second kappa shape index (κ2) is 4.30. The molecule has 0 unspecified atom stereocenters. The first-order chi connectivity index (χ1) is 9.79. The van der Waals surface area contributed by atoms with Crippen LogP contribution < -0.4 is 4.74 Å². The van der Waals surface area contributed by atoms with Crippen molar-refractivity contribution in [2.24, 2.45) is 0 Å². The summed E-state index contributed by atoms with van der Waals surface area (Å²) < 4.78 is 27.9. The summed E-state index contributed by atoms with van der Waals surface area (Å²) >= 11 is 0. The number of hydrogen-bond donors (Lipinski definition) is 0. The first kappa shape index (κ1) is 14.1. The number of carbonyl (C=O) groups excluding carboxylic acids is 2. The Kier molecular flexibility index (Phi) is 2.88. The van der Waals surface area contributed by atoms with Gasteiger partial charge in [-0.05, 0) is 31.0 Å². The molecular formula is C14H15NO5S. The lowest BCUT2D eigenvalue weighted by atomic mass is 10.0. The van der Waals surface area contributed by atoms with Gasteiger partial charge in [0.15, 0.2) is 9.84 Å². The van der Waals surface area contributed by atoms with Gasteiger partial charge in [0.25, 0.3) is 11.8 Å². The van der Waals surface area contributed by atoms with Gasteiger partial charge in [-0.3, -0.25) is 14.5 Å². The number of hydrogen-bond acceptors (Lipinski definition) is 5. The number of rotatable bonds is 4. The maximum atomic E-state index is 12.4. The SMILES string of the molecule is COc1ccc2cc1C(=O)N(CC1(S(C)(=O)=O)CC1)C2=O. The van der Waals surface area contributed by atoms with Gasteiger partial charge >= 0.3 is 0 Å². The number of imide groups is 1. The largest absolute Gasteiger partial charge is 0.496 e. The minimum atomic E-state index is -3.31. The maximum absolute atomic E-state index is 12.4. The van der Waals surface area contributed by atoms with Crippen molar-refractivity contribution in [1.82, 2.24) is 4.90 Å². The van der Waals surface area contributed by atoms with E-state index in [-0.39, 0.29) is 6.54 Å². The van der Waals surface area contributed by atoms with Crippen LogP contribution in [0.5, 0.6) is 5.75 Å². The number of methoxy groups -OCH3 is 1. The van der Waals surface area contributed by atoms with Crippen molar-refractivity contribution in [3.8, 4) is 5.75 Å². The van der Waals surface area contributed by atoms with Crippen molar-refractivity contribution >= 4 is 21.7 Å². The number of ether oxygens (including phenoxy) is 1. The van der Waals surface area contributed by atoms with E-state index in [1.54, 1.807) is 12.1 Å². The molecule has 3 rings (SSSR count). The minimum absolute atomic E-state index is 0.0881. The highest BCUT2D eigenvalue weighted by Gasteiger charge is 2.55. The van der Waals surface area contributed by atoms with Crippen LogP contribution in [0.25, 0.3) is 0 Å². The van der Waals surface area contributed by atoms with E-state index in [1.807, 2.05) is 0 Å². The average Bonchev–Trinajstić information content (AvgIpc) is 3.22. The third-order valence-corrected chi connectivity index (χ3v) is 6.32. The van der Waals surface area contributed by atoms with Crippen molar-refractivity contribution in [2.45, 2.75) is 17.6 Å². The topological polar surface area (TPSA) is 80.8 Å². The van der Waals surface area contributed by atoms with E-state index in [1.165, 1.54) is 13.2 Å². The Morgan fingerprint density at radius 2 is 1.90 bits per heavy atom. The molecule has 1 saturated carbocycles. The van der Waals surface area contributed by atoms with Gasteiger partial charge in [0, 0.05) is 18.4 Å². The normalized spacial score (nSPS) is 19.6. The fourth-order valence-electron chi connectivity index (χ4n) is 2.62. The highest BCUT2D eigenvalue weighted by atomic mass is 32.2. The molecule has 2 aliphatic rings. The van der Waals surface area contributed by atoms with E-state index in [4.69, 9.17) is 4.74 Å². The summed E-state index contributed by atoms with van der Waals surface area (Å²) in [7, 11) is -1.87. The molecule has 21 heavy (non-hydrogen) atoms. The van der Waals surface area contributed by atoms with Crippen molar-refractivity contribution in [3.63, 3.8) is 0 Å². The van der Waals surface area contributed by atoms with Gasteiger partial charge in [0.1, 0.15) is 5.75 Å². The van der Waals surface area contributed by atoms with E-state index >= 15 is 0 Å². The third-order valence-electron chi connectivity index (χ3n) is 4.21. The summed E-state index contributed by atoms with van der Waals surface area (Å²) in [4.78, 5) is 25.8.